The van der Waals surface area contributed by atoms with Gasteiger partial charge in [-0.3, -0.25) is 10.1 Å². The van der Waals surface area contributed by atoms with Gasteiger partial charge in [-0.2, -0.15) is 0 Å². The molecular weight excluding hydrogens is 234 g/mol. The molecule has 96 valence electrons. The van der Waals surface area contributed by atoms with E-state index in [1.807, 2.05) is 33.1 Å². The van der Waals surface area contributed by atoms with Crippen molar-refractivity contribution >= 4 is 17.2 Å². The highest BCUT2D eigenvalue weighted by Gasteiger charge is 2.17. The largest absolute Gasteiger partial charge is 0.355 e. The zero-order chi connectivity index (χ0) is 12.8. The molecule has 0 saturated heterocycles. The third-order valence-electron chi connectivity index (χ3n) is 2.45. The van der Waals surface area contributed by atoms with Crippen LogP contribution in [0.1, 0.15) is 43.9 Å². The number of rotatable bonds is 6. The molecule has 0 fully saturated rings. The summed E-state index contributed by atoms with van der Waals surface area (Å²) in [5.74, 6) is 0.0481. The molecule has 1 amide bonds. The Morgan fingerprint density at radius 3 is 2.76 bits per heavy atom. The molecule has 0 saturated carbocycles. The Bertz CT molecular complexity index is 364. The van der Waals surface area contributed by atoms with Crippen LogP contribution in [0.25, 0.3) is 0 Å². The van der Waals surface area contributed by atoms with E-state index in [-0.39, 0.29) is 18.0 Å². The van der Waals surface area contributed by atoms with Gasteiger partial charge in [0, 0.05) is 17.6 Å². The molecule has 2 N–H and O–H groups in total. The van der Waals surface area contributed by atoms with Crippen LogP contribution in [0, 0.1) is 6.92 Å². The molecule has 2 unspecified atom stereocenters. The third kappa shape index (κ3) is 4.44. The van der Waals surface area contributed by atoms with E-state index in [2.05, 4.69) is 15.6 Å². The van der Waals surface area contributed by atoms with Crippen LogP contribution in [0.4, 0.5) is 0 Å². The lowest BCUT2D eigenvalue weighted by atomic mass is 10.2. The Kier molecular flexibility index (Phi) is 5.58. The van der Waals surface area contributed by atoms with Crippen molar-refractivity contribution in [1.29, 1.82) is 0 Å². The van der Waals surface area contributed by atoms with Crippen LogP contribution in [0.3, 0.4) is 0 Å². The highest BCUT2D eigenvalue weighted by molar-refractivity contribution is 7.09. The fourth-order valence-corrected chi connectivity index (χ4v) is 2.31. The number of thiazole rings is 1. The Labute approximate surface area is 107 Å². The summed E-state index contributed by atoms with van der Waals surface area (Å²) in [4.78, 5) is 16.1. The summed E-state index contributed by atoms with van der Waals surface area (Å²) >= 11 is 1.62. The summed E-state index contributed by atoms with van der Waals surface area (Å²) in [6, 6.07) is -0.0863. The summed E-state index contributed by atoms with van der Waals surface area (Å²) in [5, 5.41) is 9.18. The second-order valence-electron chi connectivity index (χ2n) is 4.23. The Morgan fingerprint density at radius 1 is 1.53 bits per heavy atom. The van der Waals surface area contributed by atoms with Crippen LogP contribution in [-0.2, 0) is 4.79 Å². The third-order valence-corrected chi connectivity index (χ3v) is 3.60. The molecule has 1 heterocycles. The molecule has 0 aromatic carbocycles. The monoisotopic (exact) mass is 255 g/mol. The van der Waals surface area contributed by atoms with E-state index in [0.29, 0.717) is 0 Å². The number of nitrogens with one attached hydrogen (secondary N) is 2. The maximum Gasteiger partial charge on any atom is 0.236 e. The van der Waals surface area contributed by atoms with Gasteiger partial charge in [0.1, 0.15) is 5.01 Å². The fourth-order valence-electron chi connectivity index (χ4n) is 1.49. The number of carbonyl (C=O) groups is 1. The van der Waals surface area contributed by atoms with Crippen molar-refractivity contribution in [3.8, 4) is 0 Å². The van der Waals surface area contributed by atoms with Gasteiger partial charge in [0.05, 0.1) is 12.1 Å². The highest BCUT2D eigenvalue weighted by Crippen LogP contribution is 2.17. The molecule has 17 heavy (non-hydrogen) atoms. The van der Waals surface area contributed by atoms with E-state index in [0.717, 1.165) is 23.7 Å². The predicted molar refractivity (Wildman–Crippen MR) is 71.2 cm³/mol. The quantitative estimate of drug-likeness (QED) is 0.817. The number of aromatic nitrogens is 1. The van der Waals surface area contributed by atoms with Crippen LogP contribution in [-0.4, -0.2) is 23.5 Å². The molecule has 1 rings (SSSR count). The number of nitrogens with zero attached hydrogens (tertiary/aromatic N) is 1. The normalized spacial score (nSPS) is 14.4. The molecule has 0 aliphatic carbocycles. The number of carbonyl (C=O) groups excluding carboxylic acids is 1. The minimum atomic E-state index is -0.194. The van der Waals surface area contributed by atoms with Crippen LogP contribution < -0.4 is 10.6 Å². The van der Waals surface area contributed by atoms with Crippen molar-refractivity contribution in [3.05, 3.63) is 16.1 Å². The van der Waals surface area contributed by atoms with Crippen molar-refractivity contribution in [2.75, 3.05) is 6.54 Å². The van der Waals surface area contributed by atoms with Crippen molar-refractivity contribution in [1.82, 2.24) is 15.6 Å². The number of aryl methyl sites for hydroxylation is 1. The lowest BCUT2D eigenvalue weighted by molar-refractivity contribution is -0.122. The lowest BCUT2D eigenvalue weighted by Gasteiger charge is -2.17. The van der Waals surface area contributed by atoms with Crippen molar-refractivity contribution in [3.63, 3.8) is 0 Å². The van der Waals surface area contributed by atoms with Gasteiger partial charge in [-0.05, 0) is 27.2 Å². The van der Waals surface area contributed by atoms with Gasteiger partial charge in [0.2, 0.25) is 5.91 Å². The molecule has 4 nitrogen and oxygen atoms in total. The fraction of sp³-hybridized carbons (Fsp3) is 0.667. The first-order chi connectivity index (χ1) is 8.04. The Balaban J connectivity index is 2.45. The van der Waals surface area contributed by atoms with E-state index in [4.69, 9.17) is 0 Å². The van der Waals surface area contributed by atoms with Gasteiger partial charge in [0.15, 0.2) is 0 Å². The maximum absolute atomic E-state index is 11.7. The standard InChI is InChI=1S/C12H21N3OS/c1-5-6-13-11(16)9(3)15-10(4)12-14-8(2)7-17-12/h7,9-10,15H,5-6H2,1-4H3,(H,13,16). The number of amides is 1. The molecule has 1 aromatic rings. The van der Waals surface area contributed by atoms with Gasteiger partial charge in [-0.15, -0.1) is 11.3 Å². The van der Waals surface area contributed by atoms with Crippen LogP contribution >= 0.6 is 11.3 Å². The average molecular weight is 255 g/mol. The summed E-state index contributed by atoms with van der Waals surface area (Å²) in [6.07, 6.45) is 0.958. The Hall–Kier alpha value is -0.940. The Morgan fingerprint density at radius 2 is 2.24 bits per heavy atom. The maximum atomic E-state index is 11.7. The SMILES string of the molecule is CCCNC(=O)C(C)NC(C)c1nc(C)cs1. The summed E-state index contributed by atoms with van der Waals surface area (Å²) < 4.78 is 0. The lowest BCUT2D eigenvalue weighted by Crippen LogP contribution is -2.43. The zero-order valence-electron chi connectivity index (χ0n) is 10.9. The minimum absolute atomic E-state index is 0.0481. The first-order valence-corrected chi connectivity index (χ1v) is 6.88. The van der Waals surface area contributed by atoms with Gasteiger partial charge in [-0.25, -0.2) is 4.98 Å². The van der Waals surface area contributed by atoms with Gasteiger partial charge in [0.25, 0.3) is 0 Å². The van der Waals surface area contributed by atoms with Crippen LogP contribution in [0.15, 0.2) is 5.38 Å². The molecule has 0 aliphatic rings. The molecule has 2 atom stereocenters. The second-order valence-corrected chi connectivity index (χ2v) is 5.12. The van der Waals surface area contributed by atoms with E-state index >= 15 is 0 Å². The second kappa shape index (κ2) is 6.71. The van der Waals surface area contributed by atoms with Gasteiger partial charge >= 0.3 is 0 Å². The topological polar surface area (TPSA) is 54.0 Å². The van der Waals surface area contributed by atoms with E-state index in [9.17, 15) is 4.79 Å². The van der Waals surface area contributed by atoms with E-state index in [1.165, 1.54) is 0 Å². The van der Waals surface area contributed by atoms with Crippen LogP contribution in [0.2, 0.25) is 0 Å². The summed E-state index contributed by atoms with van der Waals surface area (Å²) in [7, 11) is 0. The number of hydrogen-bond donors (Lipinski definition) is 2. The zero-order valence-corrected chi connectivity index (χ0v) is 11.7. The molecule has 0 spiro atoms. The molecule has 5 heteroatoms. The predicted octanol–water partition coefficient (Wildman–Crippen LogP) is 2.02. The van der Waals surface area contributed by atoms with Crippen LogP contribution in [0.5, 0.6) is 0 Å². The number of hydrogen-bond acceptors (Lipinski definition) is 4. The highest BCUT2D eigenvalue weighted by atomic mass is 32.1. The first kappa shape index (κ1) is 14.1. The van der Waals surface area contributed by atoms with Crippen molar-refractivity contribution in [2.24, 2.45) is 0 Å². The van der Waals surface area contributed by atoms with Gasteiger partial charge < -0.3 is 5.32 Å². The summed E-state index contributed by atoms with van der Waals surface area (Å²) in [5.41, 5.74) is 1.03. The molecule has 0 radical (unpaired) electrons. The molecule has 1 aromatic heterocycles. The average Bonchev–Trinajstić information content (AvgIpc) is 2.72. The van der Waals surface area contributed by atoms with Crippen molar-refractivity contribution in [2.45, 2.75) is 46.2 Å². The molecule has 0 bridgehead atoms. The first-order valence-electron chi connectivity index (χ1n) is 6.00. The van der Waals surface area contributed by atoms with Crippen molar-refractivity contribution < 1.29 is 4.79 Å². The molecular formula is C12H21N3OS. The van der Waals surface area contributed by atoms with E-state index < -0.39 is 0 Å². The minimum Gasteiger partial charge on any atom is -0.355 e. The van der Waals surface area contributed by atoms with E-state index in [1.54, 1.807) is 11.3 Å². The molecule has 0 aliphatic heterocycles. The summed E-state index contributed by atoms with van der Waals surface area (Å²) in [6.45, 7) is 8.66. The van der Waals surface area contributed by atoms with Gasteiger partial charge in [-0.1, -0.05) is 6.92 Å². The smallest absolute Gasteiger partial charge is 0.236 e.